The number of benzene rings is 2. The van der Waals surface area contributed by atoms with Crippen LogP contribution >= 0.6 is 0 Å². The normalized spacial score (nSPS) is 10.4. The van der Waals surface area contributed by atoms with Crippen molar-refractivity contribution in [2.24, 2.45) is 0 Å². The summed E-state index contributed by atoms with van der Waals surface area (Å²) in [4.78, 5) is 24.9. The van der Waals surface area contributed by atoms with Crippen molar-refractivity contribution >= 4 is 29.0 Å². The van der Waals surface area contributed by atoms with Gasteiger partial charge in [0.25, 0.3) is 5.91 Å². The Morgan fingerprint density at radius 2 is 1.76 bits per heavy atom. The van der Waals surface area contributed by atoms with Crippen molar-refractivity contribution in [2.75, 3.05) is 23.0 Å². The number of nitrogens with zero attached hydrogens (tertiary/aromatic N) is 3. The number of para-hydroxylation sites is 3. The molecule has 0 aliphatic heterocycles. The number of rotatable bonds is 7. The van der Waals surface area contributed by atoms with Gasteiger partial charge in [0.05, 0.1) is 12.3 Å². The Morgan fingerprint density at radius 3 is 2.48 bits per heavy atom. The molecule has 0 unspecified atom stereocenters. The van der Waals surface area contributed by atoms with Crippen LogP contribution in [0.2, 0.25) is 0 Å². The minimum atomic E-state index is -0.541. The number of ether oxygens (including phenoxy) is 1. The number of hydrogen-bond acceptors (Lipinski definition) is 6. The minimum absolute atomic E-state index is 0.00340. The summed E-state index contributed by atoms with van der Waals surface area (Å²) < 4.78 is 6.67. The molecule has 0 fully saturated rings. The second-order valence-corrected chi connectivity index (χ2v) is 6.23. The Balaban J connectivity index is 1.70. The number of nitrogens with one attached hydrogen (secondary N) is 2. The summed E-state index contributed by atoms with van der Waals surface area (Å²) in [6.07, 6.45) is 0. The molecule has 0 saturated carbocycles. The fourth-order valence-electron chi connectivity index (χ4n) is 2.67. The number of nitrogen functional groups attached to an aromatic ring is 1. The molecule has 9 heteroatoms. The second-order valence-electron chi connectivity index (χ2n) is 6.23. The highest BCUT2D eigenvalue weighted by atomic mass is 16.5. The van der Waals surface area contributed by atoms with Gasteiger partial charge in [0.2, 0.25) is 5.91 Å². The molecule has 1 heterocycles. The lowest BCUT2D eigenvalue weighted by molar-refractivity contribution is -0.116. The lowest BCUT2D eigenvalue weighted by Crippen LogP contribution is -2.21. The van der Waals surface area contributed by atoms with Crippen LogP contribution in [0.25, 0.3) is 0 Å². The number of carbonyl (C=O) groups is 2. The quantitative estimate of drug-likeness (QED) is 0.565. The molecule has 0 atom stereocenters. The number of carbonyl (C=O) groups excluding carboxylic acids is 2. The van der Waals surface area contributed by atoms with E-state index in [4.69, 9.17) is 10.5 Å². The molecule has 9 nitrogen and oxygen atoms in total. The van der Waals surface area contributed by atoms with Gasteiger partial charge in [-0.15, -0.1) is 5.10 Å². The van der Waals surface area contributed by atoms with Crippen LogP contribution in [0.1, 0.15) is 23.0 Å². The Bertz CT molecular complexity index is 1030. The van der Waals surface area contributed by atoms with Crippen LogP contribution in [-0.2, 0) is 11.3 Å². The molecule has 0 radical (unpaired) electrons. The van der Waals surface area contributed by atoms with Gasteiger partial charge in [-0.3, -0.25) is 9.59 Å². The predicted molar refractivity (Wildman–Crippen MR) is 110 cm³/mol. The molecule has 0 saturated heterocycles. The maximum absolute atomic E-state index is 12.6. The number of aryl methyl sites for hydroxylation is 1. The van der Waals surface area contributed by atoms with Gasteiger partial charge in [-0.25, -0.2) is 4.68 Å². The van der Waals surface area contributed by atoms with E-state index in [9.17, 15) is 9.59 Å². The monoisotopic (exact) mass is 394 g/mol. The molecule has 0 bridgehead atoms. The zero-order chi connectivity index (χ0) is 20.8. The van der Waals surface area contributed by atoms with E-state index in [0.29, 0.717) is 23.7 Å². The molecular weight excluding hydrogens is 372 g/mol. The Hall–Kier alpha value is -3.88. The Morgan fingerprint density at radius 1 is 1.07 bits per heavy atom. The molecular formula is C20H22N6O3. The van der Waals surface area contributed by atoms with E-state index in [-0.39, 0.29) is 24.0 Å². The van der Waals surface area contributed by atoms with E-state index in [1.54, 1.807) is 30.3 Å². The topological polar surface area (TPSA) is 124 Å². The third-order valence-corrected chi connectivity index (χ3v) is 4.14. The summed E-state index contributed by atoms with van der Waals surface area (Å²) >= 11 is 0. The second kappa shape index (κ2) is 8.87. The highest BCUT2D eigenvalue weighted by molar-refractivity contribution is 6.06. The molecule has 150 valence electrons. The summed E-state index contributed by atoms with van der Waals surface area (Å²) in [5.74, 6) is -0.340. The molecule has 1 aromatic heterocycles. The van der Waals surface area contributed by atoms with E-state index in [2.05, 4.69) is 20.9 Å². The summed E-state index contributed by atoms with van der Waals surface area (Å²) in [6, 6.07) is 14.4. The molecule has 3 aromatic rings. The number of amides is 2. The molecule has 0 spiro atoms. The van der Waals surface area contributed by atoms with Crippen LogP contribution in [0.5, 0.6) is 5.75 Å². The van der Waals surface area contributed by atoms with Gasteiger partial charge in [0, 0.05) is 5.69 Å². The zero-order valence-electron chi connectivity index (χ0n) is 16.2. The Kier molecular flexibility index (Phi) is 6.08. The van der Waals surface area contributed by atoms with Crippen molar-refractivity contribution in [1.29, 1.82) is 0 Å². The van der Waals surface area contributed by atoms with E-state index < -0.39 is 5.91 Å². The minimum Gasteiger partial charge on any atom is -0.492 e. The van der Waals surface area contributed by atoms with Gasteiger partial charge in [0.1, 0.15) is 12.3 Å². The molecule has 3 rings (SSSR count). The van der Waals surface area contributed by atoms with E-state index in [1.165, 1.54) is 4.68 Å². The van der Waals surface area contributed by atoms with Crippen molar-refractivity contribution in [3.05, 3.63) is 59.8 Å². The lowest BCUT2D eigenvalue weighted by atomic mass is 10.2. The largest absolute Gasteiger partial charge is 0.492 e. The van der Waals surface area contributed by atoms with E-state index >= 15 is 0 Å². The molecule has 29 heavy (non-hydrogen) atoms. The Labute approximate surface area is 167 Å². The molecule has 2 amide bonds. The van der Waals surface area contributed by atoms with Gasteiger partial charge in [0.15, 0.2) is 11.5 Å². The van der Waals surface area contributed by atoms with Gasteiger partial charge >= 0.3 is 0 Å². The first-order chi connectivity index (χ1) is 14.0. The summed E-state index contributed by atoms with van der Waals surface area (Å²) in [5.41, 5.74) is 8.04. The fraction of sp³-hybridized carbons (Fsp3) is 0.200. The van der Waals surface area contributed by atoms with Gasteiger partial charge in [-0.05, 0) is 37.6 Å². The van der Waals surface area contributed by atoms with Crippen LogP contribution in [0.15, 0.2) is 48.5 Å². The lowest BCUT2D eigenvalue weighted by Gasteiger charge is -2.10. The SMILES string of the molecule is CCOc1ccccc1NC(=O)c1nnn(CC(=O)Nc2ccccc2C)c1N. The predicted octanol–water partition coefficient (Wildman–Crippen LogP) is 2.46. The molecule has 0 aliphatic rings. The maximum Gasteiger partial charge on any atom is 0.280 e. The summed E-state index contributed by atoms with van der Waals surface area (Å²) in [6.45, 7) is 4.03. The number of anilines is 3. The van der Waals surface area contributed by atoms with E-state index in [0.717, 1.165) is 5.56 Å². The maximum atomic E-state index is 12.6. The average molecular weight is 394 g/mol. The van der Waals surface area contributed by atoms with Crippen molar-refractivity contribution in [1.82, 2.24) is 15.0 Å². The van der Waals surface area contributed by atoms with Crippen molar-refractivity contribution in [3.63, 3.8) is 0 Å². The fourth-order valence-corrected chi connectivity index (χ4v) is 2.67. The van der Waals surface area contributed by atoms with Crippen LogP contribution < -0.4 is 21.1 Å². The first-order valence-corrected chi connectivity index (χ1v) is 9.07. The molecule has 2 aromatic carbocycles. The summed E-state index contributed by atoms with van der Waals surface area (Å²) in [5, 5.41) is 13.1. The van der Waals surface area contributed by atoms with Crippen molar-refractivity contribution in [3.8, 4) is 5.75 Å². The average Bonchev–Trinajstić information content (AvgIpc) is 3.06. The molecule has 4 N–H and O–H groups in total. The van der Waals surface area contributed by atoms with Crippen LogP contribution in [0.3, 0.4) is 0 Å². The standard InChI is InChI=1S/C20H22N6O3/c1-3-29-16-11-7-6-10-15(16)23-20(28)18-19(21)26(25-24-18)12-17(27)22-14-9-5-4-8-13(14)2/h4-11H,3,12,21H2,1-2H3,(H,22,27)(H,23,28). The van der Waals surface area contributed by atoms with E-state index in [1.807, 2.05) is 32.0 Å². The van der Waals surface area contributed by atoms with Gasteiger partial charge in [-0.2, -0.15) is 0 Å². The van der Waals surface area contributed by atoms with Crippen LogP contribution in [0, 0.1) is 6.92 Å². The number of aromatic nitrogens is 3. The van der Waals surface area contributed by atoms with Crippen molar-refractivity contribution < 1.29 is 14.3 Å². The number of nitrogens with two attached hydrogens (primary N) is 1. The van der Waals surface area contributed by atoms with Gasteiger partial charge < -0.3 is 21.1 Å². The highest BCUT2D eigenvalue weighted by Crippen LogP contribution is 2.24. The van der Waals surface area contributed by atoms with Crippen LogP contribution in [0.4, 0.5) is 17.2 Å². The smallest absolute Gasteiger partial charge is 0.280 e. The highest BCUT2D eigenvalue weighted by Gasteiger charge is 2.20. The van der Waals surface area contributed by atoms with Gasteiger partial charge in [-0.1, -0.05) is 35.5 Å². The zero-order valence-corrected chi connectivity index (χ0v) is 16.2. The van der Waals surface area contributed by atoms with Crippen molar-refractivity contribution in [2.45, 2.75) is 20.4 Å². The van der Waals surface area contributed by atoms with Crippen LogP contribution in [-0.4, -0.2) is 33.4 Å². The first kappa shape index (κ1) is 19.9. The first-order valence-electron chi connectivity index (χ1n) is 9.07. The number of hydrogen-bond donors (Lipinski definition) is 3. The third kappa shape index (κ3) is 4.70. The third-order valence-electron chi connectivity index (χ3n) is 4.14. The molecule has 0 aliphatic carbocycles. The summed E-state index contributed by atoms with van der Waals surface area (Å²) in [7, 11) is 0.